The minimum absolute atomic E-state index is 0.0144. The van der Waals surface area contributed by atoms with Crippen molar-refractivity contribution < 1.29 is 1.41 Å². The Bertz CT molecular complexity index is 728. The van der Waals surface area contributed by atoms with Crippen LogP contribution in [0.3, 0.4) is 0 Å². The third kappa shape index (κ3) is 2.08. The topological polar surface area (TPSA) is 80.6 Å². The van der Waals surface area contributed by atoms with Gasteiger partial charge in [-0.3, -0.25) is 0 Å². The van der Waals surface area contributed by atoms with E-state index >= 15 is 0 Å². The summed E-state index contributed by atoms with van der Waals surface area (Å²) in [5.74, 6) is 1.57. The molecule has 1 fully saturated rings. The summed E-state index contributed by atoms with van der Waals surface area (Å²) in [6.45, 7) is 3.56. The van der Waals surface area contributed by atoms with Crippen LogP contribution in [0.15, 0.2) is 6.07 Å². The van der Waals surface area contributed by atoms with Crippen LogP contribution in [0.1, 0.15) is 24.1 Å². The Morgan fingerprint density at radius 1 is 1.43 bits per heavy atom. The van der Waals surface area contributed by atoms with Gasteiger partial charge in [-0.2, -0.15) is 4.80 Å². The third-order valence-electron chi connectivity index (χ3n) is 4.46. The monoisotopic (exact) mass is 286 g/mol. The predicted molar refractivity (Wildman–Crippen MR) is 78.9 cm³/mol. The standard InChI is InChI=1S/C14H19N7/c1-9-11(13-18-20-21(2)19-13)7-10-3-4-14(5-6-15-8-14)17-12(10)16-9/h7,15H,3-6,8H2,1-2H3,(H,16,17)/i/hD. The molecule has 2 aromatic heterocycles. The van der Waals surface area contributed by atoms with Gasteiger partial charge in [0.05, 0.1) is 18.3 Å². The van der Waals surface area contributed by atoms with E-state index in [9.17, 15) is 0 Å². The fourth-order valence-electron chi connectivity index (χ4n) is 3.22. The van der Waals surface area contributed by atoms with Gasteiger partial charge in [-0.15, -0.1) is 10.2 Å². The molecule has 1 spiro atoms. The van der Waals surface area contributed by atoms with Crippen LogP contribution in [0.25, 0.3) is 11.4 Å². The molecule has 7 heteroatoms. The van der Waals surface area contributed by atoms with E-state index in [-0.39, 0.29) is 5.54 Å². The normalized spacial score (nSPS) is 25.7. The number of aromatic nitrogens is 5. The SMILES string of the molecule is [2H]N1CCC2(CCc3cc(-c4nnn(C)n4)c(C)nc3N2)C1. The van der Waals surface area contributed by atoms with Gasteiger partial charge >= 0.3 is 0 Å². The maximum Gasteiger partial charge on any atom is 0.206 e. The summed E-state index contributed by atoms with van der Waals surface area (Å²) in [7, 11) is 1.76. The zero-order valence-corrected chi connectivity index (χ0v) is 12.3. The molecule has 2 aliphatic heterocycles. The fraction of sp³-hybridized carbons (Fsp3) is 0.571. The Morgan fingerprint density at radius 2 is 2.33 bits per heavy atom. The molecule has 0 aliphatic carbocycles. The Labute approximate surface area is 124 Å². The van der Waals surface area contributed by atoms with E-state index in [1.807, 2.05) is 6.92 Å². The molecule has 4 rings (SSSR count). The smallest absolute Gasteiger partial charge is 0.206 e. The number of aryl methyl sites for hydroxylation is 3. The first-order valence-electron chi connectivity index (χ1n) is 7.76. The maximum absolute atomic E-state index is 7.82. The first kappa shape index (κ1) is 11.6. The summed E-state index contributed by atoms with van der Waals surface area (Å²) in [5, 5.41) is 17.5. The van der Waals surface area contributed by atoms with Crippen LogP contribution < -0.4 is 10.6 Å². The Morgan fingerprint density at radius 3 is 3.05 bits per heavy atom. The number of pyridine rings is 1. The number of fused-ring (bicyclic) bond motifs is 1. The zero-order valence-electron chi connectivity index (χ0n) is 13.3. The van der Waals surface area contributed by atoms with Gasteiger partial charge in [0, 0.05) is 12.1 Å². The second-order valence-electron chi connectivity index (χ2n) is 5.99. The van der Waals surface area contributed by atoms with E-state index in [2.05, 4.69) is 26.8 Å². The molecule has 4 heterocycles. The lowest BCUT2D eigenvalue weighted by Gasteiger charge is -2.35. The van der Waals surface area contributed by atoms with Crippen LogP contribution in [-0.2, 0) is 13.5 Å². The highest BCUT2D eigenvalue weighted by Gasteiger charge is 2.37. The molecule has 21 heavy (non-hydrogen) atoms. The second kappa shape index (κ2) is 4.49. The molecular weight excluding hydrogens is 266 g/mol. The quantitative estimate of drug-likeness (QED) is 0.802. The first-order chi connectivity index (χ1) is 10.5. The van der Waals surface area contributed by atoms with E-state index in [0.29, 0.717) is 5.82 Å². The van der Waals surface area contributed by atoms with Crippen LogP contribution in [0.4, 0.5) is 5.82 Å². The Balaban J connectivity index is 1.69. The molecule has 0 aromatic carbocycles. The van der Waals surface area contributed by atoms with E-state index in [1.54, 1.807) is 12.4 Å². The fourth-order valence-corrected chi connectivity index (χ4v) is 3.22. The van der Waals surface area contributed by atoms with Crippen molar-refractivity contribution in [1.29, 1.82) is 0 Å². The predicted octanol–water partition coefficient (Wildman–Crippen LogP) is 0.671. The molecule has 1 saturated heterocycles. The molecule has 2 aliphatic rings. The van der Waals surface area contributed by atoms with Crippen molar-refractivity contribution in [3.8, 4) is 11.4 Å². The molecule has 0 amide bonds. The van der Waals surface area contributed by atoms with Crippen molar-refractivity contribution in [3.05, 3.63) is 17.3 Å². The second-order valence-corrected chi connectivity index (χ2v) is 5.99. The van der Waals surface area contributed by atoms with Crippen LogP contribution in [0.2, 0.25) is 1.41 Å². The van der Waals surface area contributed by atoms with Crippen molar-refractivity contribution in [2.45, 2.75) is 31.7 Å². The summed E-state index contributed by atoms with van der Waals surface area (Å²) < 4.78 is 7.82. The average Bonchev–Trinajstić information content (AvgIpc) is 3.05. The molecular formula is C14H19N7. The Kier molecular flexibility index (Phi) is 2.48. The number of tetrazole rings is 1. The Hall–Kier alpha value is -2.02. The van der Waals surface area contributed by atoms with Gasteiger partial charge in [0.15, 0.2) is 0 Å². The molecule has 0 bridgehead atoms. The molecule has 1 atom stereocenters. The van der Waals surface area contributed by atoms with Crippen molar-refractivity contribution >= 4 is 5.82 Å². The van der Waals surface area contributed by atoms with Gasteiger partial charge < -0.3 is 10.6 Å². The van der Waals surface area contributed by atoms with E-state index in [0.717, 1.165) is 49.4 Å². The third-order valence-corrected chi connectivity index (χ3v) is 4.46. The van der Waals surface area contributed by atoms with Gasteiger partial charge in [-0.25, -0.2) is 4.98 Å². The lowest BCUT2D eigenvalue weighted by molar-refractivity contribution is 0.454. The highest BCUT2D eigenvalue weighted by molar-refractivity contribution is 5.64. The van der Waals surface area contributed by atoms with Gasteiger partial charge in [0.2, 0.25) is 5.82 Å². The summed E-state index contributed by atoms with van der Waals surface area (Å²) in [5.41, 5.74) is 3.05. The molecule has 2 aromatic rings. The summed E-state index contributed by atoms with van der Waals surface area (Å²) in [4.78, 5) is 6.20. The summed E-state index contributed by atoms with van der Waals surface area (Å²) in [6.07, 6.45) is 3.01. The largest absolute Gasteiger partial charge is 0.363 e. The minimum atomic E-state index is 0.0144. The van der Waals surface area contributed by atoms with Crippen molar-refractivity contribution in [2.75, 3.05) is 18.4 Å². The van der Waals surface area contributed by atoms with Gasteiger partial charge in [0.1, 0.15) is 7.23 Å². The van der Waals surface area contributed by atoms with Crippen LogP contribution in [-0.4, -0.2) is 43.8 Å². The molecule has 7 nitrogen and oxygen atoms in total. The molecule has 1 unspecified atom stereocenters. The number of anilines is 1. The lowest BCUT2D eigenvalue weighted by Crippen LogP contribution is -2.44. The van der Waals surface area contributed by atoms with E-state index in [1.165, 1.54) is 10.4 Å². The minimum Gasteiger partial charge on any atom is -0.363 e. The zero-order chi connectivity index (χ0) is 15.3. The van der Waals surface area contributed by atoms with Gasteiger partial charge in [-0.05, 0) is 49.6 Å². The molecule has 110 valence electrons. The van der Waals surface area contributed by atoms with Gasteiger partial charge in [-0.1, -0.05) is 0 Å². The molecule has 2 N–H and O–H groups in total. The van der Waals surface area contributed by atoms with Crippen LogP contribution in [0, 0.1) is 6.92 Å². The number of rotatable bonds is 1. The van der Waals surface area contributed by atoms with Crippen molar-refractivity contribution in [1.82, 2.24) is 30.5 Å². The number of nitrogens with zero attached hydrogens (tertiary/aromatic N) is 5. The maximum atomic E-state index is 7.82. The summed E-state index contributed by atoms with van der Waals surface area (Å²) >= 11 is 0. The van der Waals surface area contributed by atoms with Crippen LogP contribution >= 0.6 is 0 Å². The summed E-state index contributed by atoms with van der Waals surface area (Å²) in [6, 6.07) is 2.13. The number of nitrogens with one attached hydrogen (secondary N) is 2. The first-order valence-corrected chi connectivity index (χ1v) is 7.32. The molecule has 0 saturated carbocycles. The highest BCUT2D eigenvalue weighted by atomic mass is 15.6. The lowest BCUT2D eigenvalue weighted by atomic mass is 9.86. The van der Waals surface area contributed by atoms with Gasteiger partial charge in [0.25, 0.3) is 0 Å². The van der Waals surface area contributed by atoms with E-state index < -0.39 is 0 Å². The average molecular weight is 286 g/mol. The molecule has 0 radical (unpaired) electrons. The highest BCUT2D eigenvalue weighted by Crippen LogP contribution is 2.35. The number of hydrogen-bond acceptors (Lipinski definition) is 6. The van der Waals surface area contributed by atoms with E-state index in [4.69, 9.17) is 6.40 Å². The van der Waals surface area contributed by atoms with Crippen LogP contribution in [0.5, 0.6) is 0 Å². The number of hydrogen-bond donors (Lipinski definition) is 2. The van der Waals surface area contributed by atoms with Crippen molar-refractivity contribution in [2.24, 2.45) is 7.05 Å². The van der Waals surface area contributed by atoms with Crippen molar-refractivity contribution in [3.63, 3.8) is 0 Å².